The highest BCUT2D eigenvalue weighted by molar-refractivity contribution is 5.98. The molecule has 0 aromatic carbocycles. The number of carbonyl (C=O) groups excluding carboxylic acids is 1. The fraction of sp³-hybridized carbons (Fsp3) is 0.421. The van der Waals surface area contributed by atoms with E-state index in [1.54, 1.807) is 13.2 Å². The van der Waals surface area contributed by atoms with Gasteiger partial charge in [-0.15, -0.1) is 0 Å². The molecule has 0 saturated carbocycles. The summed E-state index contributed by atoms with van der Waals surface area (Å²) in [6.45, 7) is 2.07. The molecular weight excluding hydrogens is 306 g/mol. The SMILES string of the molecule is COC1C(=O)C=CC2=C1CN1CCC3C=C4OCOC4=CC3=C1C2. The third-order valence-electron chi connectivity index (χ3n) is 5.53. The standard InChI is InChI=1S/C19H19NO4/c1-22-19-14-9-20-5-4-12-7-17-18(24-10-23-17)8-13(12)15(20)6-11(14)2-3-16(19)21/h2-3,7-8,12,19H,4-6,9-10H2,1H3. The molecule has 0 N–H and O–H groups in total. The molecule has 5 nitrogen and oxygen atoms in total. The minimum absolute atomic E-state index is 0.0473. The lowest BCUT2D eigenvalue weighted by molar-refractivity contribution is -0.122. The van der Waals surface area contributed by atoms with Gasteiger partial charge in [-0.05, 0) is 41.4 Å². The van der Waals surface area contributed by atoms with Crippen molar-refractivity contribution in [2.45, 2.75) is 18.9 Å². The summed E-state index contributed by atoms with van der Waals surface area (Å²) < 4.78 is 16.6. The Morgan fingerprint density at radius 3 is 3.00 bits per heavy atom. The van der Waals surface area contributed by atoms with Gasteiger partial charge in [0.05, 0.1) is 0 Å². The van der Waals surface area contributed by atoms with Crippen LogP contribution in [0.1, 0.15) is 12.8 Å². The smallest absolute Gasteiger partial charge is 0.231 e. The van der Waals surface area contributed by atoms with Gasteiger partial charge >= 0.3 is 0 Å². The maximum Gasteiger partial charge on any atom is 0.231 e. The Kier molecular flexibility index (Phi) is 3.00. The van der Waals surface area contributed by atoms with Crippen molar-refractivity contribution in [1.82, 2.24) is 4.90 Å². The Morgan fingerprint density at radius 2 is 2.12 bits per heavy atom. The van der Waals surface area contributed by atoms with Crippen LogP contribution >= 0.6 is 0 Å². The van der Waals surface area contributed by atoms with Crippen LogP contribution in [0.4, 0.5) is 0 Å². The molecule has 0 aromatic rings. The van der Waals surface area contributed by atoms with Crippen molar-refractivity contribution < 1.29 is 19.0 Å². The van der Waals surface area contributed by atoms with Crippen LogP contribution in [0.5, 0.6) is 0 Å². The molecule has 0 aromatic heterocycles. The van der Waals surface area contributed by atoms with E-state index in [4.69, 9.17) is 14.2 Å². The van der Waals surface area contributed by atoms with Crippen LogP contribution in [-0.2, 0) is 19.0 Å². The van der Waals surface area contributed by atoms with Crippen molar-refractivity contribution in [3.8, 4) is 0 Å². The summed E-state index contributed by atoms with van der Waals surface area (Å²) in [6, 6.07) is 0. The number of fused-ring (bicyclic) bond motifs is 3. The number of nitrogens with zero attached hydrogens (tertiary/aromatic N) is 1. The third-order valence-corrected chi connectivity index (χ3v) is 5.53. The van der Waals surface area contributed by atoms with Crippen molar-refractivity contribution in [2.24, 2.45) is 5.92 Å². The van der Waals surface area contributed by atoms with Crippen molar-refractivity contribution in [3.05, 3.63) is 58.2 Å². The van der Waals surface area contributed by atoms with Crippen LogP contribution in [0.15, 0.2) is 58.2 Å². The molecule has 2 unspecified atom stereocenters. The molecule has 0 radical (unpaired) electrons. The number of carbonyl (C=O) groups is 1. The highest BCUT2D eigenvalue weighted by Crippen LogP contribution is 2.43. The van der Waals surface area contributed by atoms with Crippen LogP contribution in [0.2, 0.25) is 0 Å². The van der Waals surface area contributed by atoms with Gasteiger partial charge in [0, 0.05) is 38.2 Å². The monoisotopic (exact) mass is 325 g/mol. The molecule has 5 heteroatoms. The molecule has 5 rings (SSSR count). The lowest BCUT2D eigenvalue weighted by Gasteiger charge is -2.43. The number of allylic oxidation sites excluding steroid dienone is 5. The second-order valence-electron chi connectivity index (χ2n) is 6.74. The van der Waals surface area contributed by atoms with Crippen LogP contribution in [0.25, 0.3) is 0 Å². The molecule has 5 aliphatic rings. The number of ether oxygens (including phenoxy) is 3. The first-order valence-corrected chi connectivity index (χ1v) is 8.38. The first-order valence-electron chi connectivity index (χ1n) is 8.38. The second kappa shape index (κ2) is 5.11. The van der Waals surface area contributed by atoms with Crippen molar-refractivity contribution >= 4 is 5.78 Å². The fourth-order valence-electron chi connectivity index (χ4n) is 4.32. The van der Waals surface area contributed by atoms with Gasteiger partial charge in [0.15, 0.2) is 17.3 Å². The molecule has 0 amide bonds. The number of methoxy groups -OCH3 is 1. The van der Waals surface area contributed by atoms with Gasteiger partial charge in [0.2, 0.25) is 6.79 Å². The molecule has 0 spiro atoms. The molecule has 2 aliphatic carbocycles. The van der Waals surface area contributed by atoms with E-state index in [1.807, 2.05) is 6.08 Å². The van der Waals surface area contributed by atoms with Gasteiger partial charge in [0.1, 0.15) is 6.10 Å². The predicted molar refractivity (Wildman–Crippen MR) is 86.5 cm³/mol. The summed E-state index contributed by atoms with van der Waals surface area (Å²) in [6.07, 6.45) is 9.44. The maximum atomic E-state index is 12.1. The molecule has 3 aliphatic heterocycles. The first kappa shape index (κ1) is 14.1. The van der Waals surface area contributed by atoms with Crippen LogP contribution in [0, 0.1) is 5.92 Å². The van der Waals surface area contributed by atoms with Gasteiger partial charge in [0.25, 0.3) is 0 Å². The zero-order valence-corrected chi connectivity index (χ0v) is 13.6. The van der Waals surface area contributed by atoms with E-state index in [-0.39, 0.29) is 5.78 Å². The topological polar surface area (TPSA) is 48.0 Å². The molecule has 3 heterocycles. The summed E-state index contributed by atoms with van der Waals surface area (Å²) in [5.41, 5.74) is 5.01. The molecule has 24 heavy (non-hydrogen) atoms. The minimum atomic E-state index is -0.419. The number of ketones is 1. The molecule has 124 valence electrons. The number of hydrogen-bond acceptors (Lipinski definition) is 5. The zero-order chi connectivity index (χ0) is 16.3. The van der Waals surface area contributed by atoms with E-state index in [0.717, 1.165) is 43.0 Å². The van der Waals surface area contributed by atoms with E-state index < -0.39 is 6.10 Å². The lowest BCUT2D eigenvalue weighted by Crippen LogP contribution is -2.42. The second-order valence-corrected chi connectivity index (χ2v) is 6.74. The third kappa shape index (κ3) is 1.94. The van der Waals surface area contributed by atoms with Crippen LogP contribution < -0.4 is 0 Å². The number of hydrogen-bond donors (Lipinski definition) is 0. The van der Waals surface area contributed by atoms with Gasteiger partial charge in [-0.1, -0.05) is 6.08 Å². The average Bonchev–Trinajstić information content (AvgIpc) is 3.05. The van der Waals surface area contributed by atoms with E-state index in [9.17, 15) is 4.79 Å². The van der Waals surface area contributed by atoms with Gasteiger partial charge in [-0.2, -0.15) is 0 Å². The Labute approximate surface area is 140 Å². The highest BCUT2D eigenvalue weighted by atomic mass is 16.7. The summed E-state index contributed by atoms with van der Waals surface area (Å²) >= 11 is 0. The van der Waals surface area contributed by atoms with Gasteiger partial charge in [-0.25, -0.2) is 0 Å². The summed E-state index contributed by atoms with van der Waals surface area (Å²) in [4.78, 5) is 14.5. The predicted octanol–water partition coefficient (Wildman–Crippen LogP) is 2.20. The van der Waals surface area contributed by atoms with E-state index in [0.29, 0.717) is 12.7 Å². The van der Waals surface area contributed by atoms with Crippen molar-refractivity contribution in [1.29, 1.82) is 0 Å². The first-order chi connectivity index (χ1) is 11.7. The average molecular weight is 325 g/mol. The molecule has 1 fully saturated rings. The molecule has 2 atom stereocenters. The quantitative estimate of drug-likeness (QED) is 0.740. The summed E-state index contributed by atoms with van der Waals surface area (Å²) in [5.74, 6) is 2.17. The normalized spacial score (nSPS) is 30.7. The summed E-state index contributed by atoms with van der Waals surface area (Å²) in [5, 5.41) is 0. The fourth-order valence-corrected chi connectivity index (χ4v) is 4.32. The molecule has 0 bridgehead atoms. The Bertz CT molecular complexity index is 783. The molecule has 1 saturated heterocycles. The van der Waals surface area contributed by atoms with E-state index in [1.165, 1.54) is 16.8 Å². The highest BCUT2D eigenvalue weighted by Gasteiger charge is 2.38. The maximum absolute atomic E-state index is 12.1. The Hall–Kier alpha value is -2.27. The number of rotatable bonds is 1. The molecular formula is C19H19NO4. The van der Waals surface area contributed by atoms with E-state index >= 15 is 0 Å². The van der Waals surface area contributed by atoms with Gasteiger partial charge in [-0.3, -0.25) is 4.79 Å². The largest absolute Gasteiger partial charge is 0.454 e. The Balaban J connectivity index is 1.57. The van der Waals surface area contributed by atoms with Crippen LogP contribution in [-0.4, -0.2) is 43.8 Å². The Morgan fingerprint density at radius 1 is 1.25 bits per heavy atom. The van der Waals surface area contributed by atoms with Crippen molar-refractivity contribution in [2.75, 3.05) is 27.0 Å². The van der Waals surface area contributed by atoms with Gasteiger partial charge < -0.3 is 19.1 Å². The zero-order valence-electron chi connectivity index (χ0n) is 13.6. The minimum Gasteiger partial charge on any atom is -0.454 e. The summed E-state index contributed by atoms with van der Waals surface area (Å²) in [7, 11) is 1.61. The van der Waals surface area contributed by atoms with Crippen molar-refractivity contribution in [3.63, 3.8) is 0 Å². The van der Waals surface area contributed by atoms with Crippen LogP contribution in [0.3, 0.4) is 0 Å². The van der Waals surface area contributed by atoms with E-state index in [2.05, 4.69) is 17.1 Å². The lowest BCUT2D eigenvalue weighted by atomic mass is 9.79.